The van der Waals surface area contributed by atoms with Gasteiger partial charge in [-0.05, 0) is 69.0 Å². The minimum Gasteiger partial charge on any atom is -0.374 e. The van der Waals surface area contributed by atoms with Crippen molar-refractivity contribution in [2.24, 2.45) is 7.05 Å². The first kappa shape index (κ1) is 24.9. The van der Waals surface area contributed by atoms with E-state index in [9.17, 15) is 0 Å². The van der Waals surface area contributed by atoms with Gasteiger partial charge in [0.1, 0.15) is 0 Å². The van der Waals surface area contributed by atoms with Gasteiger partial charge in [0.2, 0.25) is 0 Å². The smallest absolute Gasteiger partial charge is 0.0793 e. The number of morpholine rings is 1. The van der Waals surface area contributed by atoms with Crippen molar-refractivity contribution in [1.29, 1.82) is 0 Å². The Bertz CT molecular complexity index is 801. The lowest BCUT2D eigenvalue weighted by molar-refractivity contribution is -0.0750. The molecule has 7 heteroatoms. The monoisotopic (exact) mass is 483 g/mol. The second-order valence-corrected chi connectivity index (χ2v) is 10.3. The molecule has 0 radical (unpaired) electrons. The molecule has 4 rings (SSSR count). The van der Waals surface area contributed by atoms with E-state index in [1.807, 2.05) is 35.6 Å². The quantitative estimate of drug-likeness (QED) is 0.541. The SMILES string of the molecule is CSC[C@H]1CN(C2CCC(c3cc(C)n(C)n3)CC2)[C@@H](Cc2ccc(Cl)cc2)CO1.Cl. The normalized spacial score (nSPS) is 27.1. The first-order valence-electron chi connectivity index (χ1n) is 11.1. The number of benzene rings is 1. The summed E-state index contributed by atoms with van der Waals surface area (Å²) in [7, 11) is 2.05. The van der Waals surface area contributed by atoms with Crippen LogP contribution in [0.3, 0.4) is 0 Å². The lowest BCUT2D eigenvalue weighted by Gasteiger charge is -2.46. The molecule has 2 aliphatic rings. The van der Waals surface area contributed by atoms with Crippen molar-refractivity contribution < 1.29 is 4.74 Å². The van der Waals surface area contributed by atoms with Gasteiger partial charge in [0.05, 0.1) is 18.4 Å². The first-order chi connectivity index (χ1) is 14.5. The van der Waals surface area contributed by atoms with Crippen LogP contribution in [0.1, 0.15) is 48.6 Å². The standard InChI is InChI=1S/C24H34ClN3OS.ClH/c1-17-12-24(26-27(17)2)19-6-10-21(11-7-19)28-14-23(16-30-3)29-15-22(28)13-18-4-8-20(25)9-5-18;/h4-5,8-9,12,19,21-23H,6-7,10-11,13-16H2,1-3H3;1H/t19?,21?,22-,23+;/m0./s1. The average molecular weight is 485 g/mol. The van der Waals surface area contributed by atoms with Gasteiger partial charge in [0.25, 0.3) is 0 Å². The summed E-state index contributed by atoms with van der Waals surface area (Å²) in [5.74, 6) is 1.69. The Labute approximate surface area is 202 Å². The number of hydrogen-bond acceptors (Lipinski definition) is 4. The molecule has 0 unspecified atom stereocenters. The van der Waals surface area contributed by atoms with Crippen LogP contribution in [-0.2, 0) is 18.2 Å². The van der Waals surface area contributed by atoms with Crippen LogP contribution >= 0.6 is 35.8 Å². The van der Waals surface area contributed by atoms with Crippen molar-refractivity contribution >= 4 is 35.8 Å². The lowest BCUT2D eigenvalue weighted by Crippen LogP contribution is -2.56. The van der Waals surface area contributed by atoms with Crippen LogP contribution < -0.4 is 0 Å². The maximum absolute atomic E-state index is 6.25. The molecule has 31 heavy (non-hydrogen) atoms. The van der Waals surface area contributed by atoms with E-state index in [2.05, 4.69) is 36.3 Å². The van der Waals surface area contributed by atoms with Gasteiger partial charge in [-0.25, -0.2) is 0 Å². The molecule has 1 aromatic carbocycles. The molecule has 2 fully saturated rings. The molecule has 2 heterocycles. The highest BCUT2D eigenvalue weighted by atomic mass is 35.5. The number of hydrogen-bond donors (Lipinski definition) is 0. The summed E-state index contributed by atoms with van der Waals surface area (Å²) < 4.78 is 8.27. The molecule has 172 valence electrons. The number of nitrogens with zero attached hydrogens (tertiary/aromatic N) is 3. The predicted octanol–water partition coefficient (Wildman–Crippen LogP) is 5.51. The van der Waals surface area contributed by atoms with E-state index < -0.39 is 0 Å². The third-order valence-electron chi connectivity index (χ3n) is 6.86. The van der Waals surface area contributed by atoms with Crippen molar-refractivity contribution in [1.82, 2.24) is 14.7 Å². The molecule has 0 amide bonds. The van der Waals surface area contributed by atoms with E-state index >= 15 is 0 Å². The third-order valence-corrected chi connectivity index (χ3v) is 7.82. The van der Waals surface area contributed by atoms with Crippen molar-refractivity contribution in [2.75, 3.05) is 25.2 Å². The molecule has 4 nitrogen and oxygen atoms in total. The molecular weight excluding hydrogens is 449 g/mol. The number of ether oxygens (including phenoxy) is 1. The van der Waals surface area contributed by atoms with Crippen molar-refractivity contribution in [2.45, 2.75) is 63.1 Å². The summed E-state index contributed by atoms with van der Waals surface area (Å²) in [6.07, 6.45) is 8.53. The van der Waals surface area contributed by atoms with Crippen LogP contribution in [0, 0.1) is 6.92 Å². The second-order valence-electron chi connectivity index (χ2n) is 8.93. The Hall–Kier alpha value is -0.720. The van der Waals surface area contributed by atoms with E-state index in [4.69, 9.17) is 21.4 Å². The molecule has 1 aromatic heterocycles. The largest absolute Gasteiger partial charge is 0.374 e. The van der Waals surface area contributed by atoms with Gasteiger partial charge < -0.3 is 4.74 Å². The summed E-state index contributed by atoms with van der Waals surface area (Å²) in [6, 6.07) is 11.7. The zero-order valence-corrected chi connectivity index (χ0v) is 21.2. The fourth-order valence-electron chi connectivity index (χ4n) is 5.07. The zero-order chi connectivity index (χ0) is 21.1. The Morgan fingerprint density at radius 2 is 1.87 bits per heavy atom. The third kappa shape index (κ3) is 6.20. The van der Waals surface area contributed by atoms with Crippen LogP contribution in [0.5, 0.6) is 0 Å². The second kappa shape index (κ2) is 11.4. The van der Waals surface area contributed by atoms with Gasteiger partial charge in [-0.2, -0.15) is 16.9 Å². The van der Waals surface area contributed by atoms with Crippen LogP contribution in [0.25, 0.3) is 0 Å². The fraction of sp³-hybridized carbons (Fsp3) is 0.625. The number of rotatable bonds is 6. The summed E-state index contributed by atoms with van der Waals surface area (Å²) in [5, 5.41) is 5.56. The summed E-state index contributed by atoms with van der Waals surface area (Å²) in [4.78, 5) is 2.78. The number of thioether (sulfide) groups is 1. The minimum absolute atomic E-state index is 0. The summed E-state index contributed by atoms with van der Waals surface area (Å²) >= 11 is 7.98. The molecule has 2 aromatic rings. The highest BCUT2D eigenvalue weighted by Crippen LogP contribution is 2.36. The topological polar surface area (TPSA) is 30.3 Å². The molecule has 0 spiro atoms. The maximum Gasteiger partial charge on any atom is 0.0793 e. The molecule has 1 saturated carbocycles. The van der Waals surface area contributed by atoms with Gasteiger partial charge >= 0.3 is 0 Å². The molecule has 1 aliphatic carbocycles. The lowest BCUT2D eigenvalue weighted by atomic mass is 9.82. The Morgan fingerprint density at radius 1 is 1.16 bits per heavy atom. The highest BCUT2D eigenvalue weighted by molar-refractivity contribution is 7.98. The number of halogens is 2. The Morgan fingerprint density at radius 3 is 2.48 bits per heavy atom. The van der Waals surface area contributed by atoms with E-state index in [1.165, 1.54) is 42.6 Å². The zero-order valence-electron chi connectivity index (χ0n) is 18.8. The molecular formula is C24H35Cl2N3OS. The minimum atomic E-state index is 0. The van der Waals surface area contributed by atoms with Gasteiger partial charge in [-0.3, -0.25) is 9.58 Å². The predicted molar refractivity (Wildman–Crippen MR) is 134 cm³/mol. The van der Waals surface area contributed by atoms with E-state index in [-0.39, 0.29) is 12.4 Å². The first-order valence-corrected chi connectivity index (χ1v) is 12.9. The average Bonchev–Trinajstić information content (AvgIpc) is 3.09. The van der Waals surface area contributed by atoms with Crippen LogP contribution in [0.4, 0.5) is 0 Å². The maximum atomic E-state index is 6.25. The van der Waals surface area contributed by atoms with Gasteiger partial charge in [0.15, 0.2) is 0 Å². The van der Waals surface area contributed by atoms with Crippen LogP contribution in [0.15, 0.2) is 30.3 Å². The molecule has 0 bridgehead atoms. The van der Waals surface area contributed by atoms with E-state index in [1.54, 1.807) is 0 Å². The van der Waals surface area contributed by atoms with Crippen molar-refractivity contribution in [3.63, 3.8) is 0 Å². The van der Waals surface area contributed by atoms with Gasteiger partial charge in [-0.1, -0.05) is 23.7 Å². The molecule has 2 atom stereocenters. The van der Waals surface area contributed by atoms with Gasteiger partial charge in [-0.15, -0.1) is 12.4 Å². The van der Waals surface area contributed by atoms with Crippen LogP contribution in [-0.4, -0.2) is 58.0 Å². The fourth-order valence-corrected chi connectivity index (χ4v) is 5.77. The molecule has 0 N–H and O–H groups in total. The number of aryl methyl sites for hydroxylation is 2. The van der Waals surface area contributed by atoms with E-state index in [0.717, 1.165) is 30.3 Å². The highest BCUT2D eigenvalue weighted by Gasteiger charge is 2.36. The van der Waals surface area contributed by atoms with Crippen molar-refractivity contribution in [3.05, 3.63) is 52.3 Å². The Kier molecular flexibility index (Phi) is 9.18. The summed E-state index contributed by atoms with van der Waals surface area (Å²) in [5.41, 5.74) is 3.88. The Balaban J connectivity index is 0.00000272. The molecule has 1 aliphatic heterocycles. The summed E-state index contributed by atoms with van der Waals surface area (Å²) in [6.45, 7) is 4.02. The van der Waals surface area contributed by atoms with Gasteiger partial charge in [0, 0.05) is 48.1 Å². The number of aromatic nitrogens is 2. The van der Waals surface area contributed by atoms with Crippen LogP contribution in [0.2, 0.25) is 5.02 Å². The molecule has 1 saturated heterocycles. The van der Waals surface area contributed by atoms with E-state index in [0.29, 0.717) is 24.1 Å². The van der Waals surface area contributed by atoms with Crippen molar-refractivity contribution in [3.8, 4) is 0 Å².